The number of thioether (sulfide) groups is 1. The van der Waals surface area contributed by atoms with E-state index in [4.69, 9.17) is 9.52 Å². The van der Waals surface area contributed by atoms with E-state index >= 15 is 0 Å². The Morgan fingerprint density at radius 1 is 1.60 bits per heavy atom. The zero-order valence-corrected chi connectivity index (χ0v) is 9.85. The van der Waals surface area contributed by atoms with Crippen LogP contribution in [0.1, 0.15) is 41.9 Å². The Labute approximate surface area is 94.3 Å². The Morgan fingerprint density at radius 2 is 2.47 bits per heavy atom. The van der Waals surface area contributed by atoms with Gasteiger partial charge in [0.15, 0.2) is 5.89 Å². The summed E-state index contributed by atoms with van der Waals surface area (Å²) in [4.78, 5) is 4.53. The molecular formula is C11H17NO2S. The lowest BCUT2D eigenvalue weighted by Crippen LogP contribution is -1.93. The van der Waals surface area contributed by atoms with Crippen molar-refractivity contribution >= 4 is 11.8 Å². The number of hydrogen-bond donors (Lipinski definition) is 1. The second-order valence-corrected chi connectivity index (χ2v) is 5.19. The van der Waals surface area contributed by atoms with Gasteiger partial charge in [0.05, 0.1) is 10.9 Å². The van der Waals surface area contributed by atoms with Crippen LogP contribution in [0, 0.1) is 6.92 Å². The lowest BCUT2D eigenvalue weighted by Gasteiger charge is -2.03. The van der Waals surface area contributed by atoms with Gasteiger partial charge in [0, 0.05) is 13.0 Å². The molecule has 15 heavy (non-hydrogen) atoms. The average Bonchev–Trinajstić information content (AvgIpc) is 2.83. The number of rotatable bonds is 4. The zero-order chi connectivity index (χ0) is 10.7. The fourth-order valence-corrected chi connectivity index (χ4v) is 3.22. The fourth-order valence-electron chi connectivity index (χ4n) is 1.89. The Kier molecular flexibility index (Phi) is 3.70. The highest BCUT2D eigenvalue weighted by molar-refractivity contribution is 7.99. The first-order chi connectivity index (χ1) is 7.31. The van der Waals surface area contributed by atoms with Crippen LogP contribution in [0.2, 0.25) is 0 Å². The molecule has 3 nitrogen and oxygen atoms in total. The molecule has 84 valence electrons. The van der Waals surface area contributed by atoms with Crippen LogP contribution in [0.25, 0.3) is 0 Å². The molecule has 4 heteroatoms. The maximum Gasteiger partial charge on any atom is 0.194 e. The zero-order valence-electron chi connectivity index (χ0n) is 9.03. The second-order valence-electron chi connectivity index (χ2n) is 3.88. The summed E-state index contributed by atoms with van der Waals surface area (Å²) in [7, 11) is 0. The minimum Gasteiger partial charge on any atom is -0.446 e. The van der Waals surface area contributed by atoms with E-state index in [2.05, 4.69) is 4.98 Å². The first kappa shape index (κ1) is 11.0. The van der Waals surface area contributed by atoms with Crippen molar-refractivity contribution in [1.29, 1.82) is 0 Å². The molecule has 1 aromatic heterocycles. The normalized spacial score (nSPS) is 21.1. The lowest BCUT2D eigenvalue weighted by atomic mass is 10.2. The van der Waals surface area contributed by atoms with Crippen molar-refractivity contribution in [3.05, 3.63) is 17.3 Å². The highest BCUT2D eigenvalue weighted by Crippen LogP contribution is 2.40. The van der Waals surface area contributed by atoms with Gasteiger partial charge in [-0.25, -0.2) is 4.98 Å². The Hall–Kier alpha value is -0.480. The van der Waals surface area contributed by atoms with Crippen LogP contribution in [0.5, 0.6) is 0 Å². The predicted octanol–water partition coefficient (Wildman–Crippen LogP) is 2.48. The van der Waals surface area contributed by atoms with Gasteiger partial charge in [-0.2, -0.15) is 11.8 Å². The van der Waals surface area contributed by atoms with E-state index in [-0.39, 0.29) is 6.61 Å². The number of aromatic nitrogens is 1. The van der Waals surface area contributed by atoms with E-state index in [1.807, 2.05) is 18.7 Å². The molecule has 0 amide bonds. The molecule has 1 fully saturated rings. The predicted molar refractivity (Wildman–Crippen MR) is 61.1 cm³/mol. The minimum absolute atomic E-state index is 0.203. The molecule has 1 saturated heterocycles. The Morgan fingerprint density at radius 3 is 3.13 bits per heavy atom. The van der Waals surface area contributed by atoms with Crippen molar-refractivity contribution in [2.45, 2.75) is 37.9 Å². The smallest absolute Gasteiger partial charge is 0.194 e. The van der Waals surface area contributed by atoms with Crippen molar-refractivity contribution in [2.75, 3.05) is 12.4 Å². The summed E-state index contributed by atoms with van der Waals surface area (Å²) in [5.74, 6) is 2.98. The number of aliphatic hydroxyl groups is 1. The van der Waals surface area contributed by atoms with Crippen LogP contribution in [0.15, 0.2) is 4.42 Å². The first-order valence-corrected chi connectivity index (χ1v) is 6.55. The summed E-state index contributed by atoms with van der Waals surface area (Å²) in [5.41, 5.74) is 1.13. The molecule has 1 aliphatic heterocycles. The number of aliphatic hydroxyl groups excluding tert-OH is 1. The highest BCUT2D eigenvalue weighted by Gasteiger charge is 2.23. The molecule has 1 atom stereocenters. The largest absolute Gasteiger partial charge is 0.446 e. The number of nitrogens with zero attached hydrogens (tertiary/aromatic N) is 1. The Balaban J connectivity index is 2.06. The van der Waals surface area contributed by atoms with E-state index in [9.17, 15) is 0 Å². The molecule has 2 rings (SSSR count). The third-order valence-corrected chi connectivity index (χ3v) is 4.05. The van der Waals surface area contributed by atoms with Gasteiger partial charge in [0.25, 0.3) is 0 Å². The van der Waals surface area contributed by atoms with Gasteiger partial charge in [0.1, 0.15) is 5.76 Å². The van der Waals surface area contributed by atoms with Crippen molar-refractivity contribution in [3.63, 3.8) is 0 Å². The summed E-state index contributed by atoms with van der Waals surface area (Å²) in [6.07, 6.45) is 3.98. The van der Waals surface area contributed by atoms with Crippen LogP contribution < -0.4 is 0 Å². The van der Waals surface area contributed by atoms with Crippen LogP contribution >= 0.6 is 11.8 Å². The van der Waals surface area contributed by atoms with Crippen molar-refractivity contribution < 1.29 is 9.52 Å². The Bertz CT molecular complexity index is 318. The first-order valence-electron chi connectivity index (χ1n) is 5.50. The highest BCUT2D eigenvalue weighted by atomic mass is 32.2. The maximum atomic E-state index is 8.74. The summed E-state index contributed by atoms with van der Waals surface area (Å²) < 4.78 is 5.59. The van der Waals surface area contributed by atoms with Crippen molar-refractivity contribution in [3.8, 4) is 0 Å². The number of aryl methyl sites for hydroxylation is 2. The molecular weight excluding hydrogens is 210 g/mol. The molecule has 0 aromatic carbocycles. The van der Waals surface area contributed by atoms with Crippen LogP contribution in [0.4, 0.5) is 0 Å². The van der Waals surface area contributed by atoms with Gasteiger partial charge >= 0.3 is 0 Å². The van der Waals surface area contributed by atoms with Gasteiger partial charge in [-0.15, -0.1) is 0 Å². The van der Waals surface area contributed by atoms with E-state index in [0.717, 1.165) is 30.2 Å². The fraction of sp³-hybridized carbons (Fsp3) is 0.727. The summed E-state index contributed by atoms with van der Waals surface area (Å²) >= 11 is 1.97. The number of oxazole rings is 1. The molecule has 1 aromatic rings. The standard InChI is InChI=1S/C11H17NO2S/c1-8-11(9-4-3-7-15-9)12-10(14-8)5-2-6-13/h9,13H,2-7H2,1H3. The van der Waals surface area contributed by atoms with E-state index in [1.54, 1.807) is 0 Å². The van der Waals surface area contributed by atoms with Gasteiger partial charge < -0.3 is 9.52 Å². The number of hydrogen-bond acceptors (Lipinski definition) is 4. The molecule has 0 aliphatic carbocycles. The van der Waals surface area contributed by atoms with Crippen LogP contribution in [-0.4, -0.2) is 22.5 Å². The van der Waals surface area contributed by atoms with Gasteiger partial charge in [0.2, 0.25) is 0 Å². The van der Waals surface area contributed by atoms with Crippen LogP contribution in [0.3, 0.4) is 0 Å². The van der Waals surface area contributed by atoms with Gasteiger partial charge in [-0.1, -0.05) is 0 Å². The van der Waals surface area contributed by atoms with Gasteiger partial charge in [-0.05, 0) is 31.9 Å². The second kappa shape index (κ2) is 5.03. The third-order valence-electron chi connectivity index (χ3n) is 2.66. The monoisotopic (exact) mass is 227 g/mol. The minimum atomic E-state index is 0.203. The van der Waals surface area contributed by atoms with Crippen molar-refractivity contribution in [1.82, 2.24) is 4.98 Å². The van der Waals surface area contributed by atoms with E-state index in [0.29, 0.717) is 5.25 Å². The third kappa shape index (κ3) is 2.55. The lowest BCUT2D eigenvalue weighted by molar-refractivity contribution is 0.282. The SMILES string of the molecule is Cc1oc(CCCO)nc1C1CCCS1. The summed E-state index contributed by atoms with van der Waals surface area (Å²) in [5, 5.41) is 9.28. The van der Waals surface area contributed by atoms with E-state index < -0.39 is 0 Å². The topological polar surface area (TPSA) is 46.3 Å². The molecule has 0 bridgehead atoms. The molecule has 1 aliphatic rings. The van der Waals surface area contributed by atoms with E-state index in [1.165, 1.54) is 18.6 Å². The molecule has 0 saturated carbocycles. The molecule has 0 spiro atoms. The summed E-state index contributed by atoms with van der Waals surface area (Å²) in [6.45, 7) is 2.19. The van der Waals surface area contributed by atoms with Gasteiger partial charge in [-0.3, -0.25) is 0 Å². The van der Waals surface area contributed by atoms with Crippen LogP contribution in [-0.2, 0) is 6.42 Å². The quantitative estimate of drug-likeness (QED) is 0.858. The average molecular weight is 227 g/mol. The maximum absolute atomic E-state index is 8.74. The van der Waals surface area contributed by atoms with Crippen molar-refractivity contribution in [2.24, 2.45) is 0 Å². The molecule has 1 N–H and O–H groups in total. The molecule has 2 heterocycles. The molecule has 0 radical (unpaired) electrons. The molecule has 1 unspecified atom stereocenters. The summed E-state index contributed by atoms with van der Waals surface area (Å²) in [6, 6.07) is 0.